The van der Waals surface area contributed by atoms with Crippen LogP contribution in [-0.4, -0.2) is 5.91 Å². The van der Waals surface area contributed by atoms with Gasteiger partial charge in [0, 0.05) is 0 Å². The van der Waals surface area contributed by atoms with Gasteiger partial charge in [0.15, 0.2) is 0 Å². The van der Waals surface area contributed by atoms with Gasteiger partial charge >= 0.3 is 0 Å². The van der Waals surface area contributed by atoms with Crippen molar-refractivity contribution in [2.45, 2.75) is 25.7 Å². The van der Waals surface area contributed by atoms with Gasteiger partial charge in [0.1, 0.15) is 5.82 Å². The van der Waals surface area contributed by atoms with Crippen molar-refractivity contribution < 1.29 is 9.18 Å². The SMILES string of the molecule is CCCC(C(N)=O)c1ccc(F)cc1. The van der Waals surface area contributed by atoms with Gasteiger partial charge in [-0.1, -0.05) is 25.5 Å². The topological polar surface area (TPSA) is 43.1 Å². The van der Waals surface area contributed by atoms with Gasteiger partial charge in [-0.05, 0) is 24.1 Å². The molecule has 0 bridgehead atoms. The number of amides is 1. The van der Waals surface area contributed by atoms with E-state index in [1.165, 1.54) is 12.1 Å². The van der Waals surface area contributed by atoms with E-state index in [1.54, 1.807) is 12.1 Å². The number of primary amides is 1. The van der Waals surface area contributed by atoms with Crippen molar-refractivity contribution in [2.75, 3.05) is 0 Å². The van der Waals surface area contributed by atoms with Crippen LogP contribution in [-0.2, 0) is 4.79 Å². The first kappa shape index (κ1) is 10.7. The van der Waals surface area contributed by atoms with E-state index in [1.807, 2.05) is 6.92 Å². The van der Waals surface area contributed by atoms with Crippen molar-refractivity contribution >= 4 is 5.91 Å². The Morgan fingerprint density at radius 1 is 1.43 bits per heavy atom. The van der Waals surface area contributed by atoms with Crippen LogP contribution in [0.25, 0.3) is 0 Å². The Kier molecular flexibility index (Phi) is 3.63. The molecule has 14 heavy (non-hydrogen) atoms. The molecule has 1 aromatic carbocycles. The molecule has 1 unspecified atom stereocenters. The predicted molar refractivity (Wildman–Crippen MR) is 53.2 cm³/mol. The minimum Gasteiger partial charge on any atom is -0.369 e. The standard InChI is InChI=1S/C11H14FNO/c1-2-3-10(11(13)14)8-4-6-9(12)7-5-8/h4-7,10H,2-3H2,1H3,(H2,13,14). The molecule has 0 aliphatic heterocycles. The zero-order valence-electron chi connectivity index (χ0n) is 8.16. The quantitative estimate of drug-likeness (QED) is 0.786. The summed E-state index contributed by atoms with van der Waals surface area (Å²) in [7, 11) is 0. The molecule has 0 heterocycles. The first-order valence-corrected chi connectivity index (χ1v) is 4.70. The average Bonchev–Trinajstić information content (AvgIpc) is 2.15. The highest BCUT2D eigenvalue weighted by Gasteiger charge is 2.16. The van der Waals surface area contributed by atoms with Crippen LogP contribution in [0, 0.1) is 5.82 Å². The lowest BCUT2D eigenvalue weighted by molar-refractivity contribution is -0.119. The number of hydrogen-bond acceptors (Lipinski definition) is 1. The van der Waals surface area contributed by atoms with Crippen LogP contribution >= 0.6 is 0 Å². The molecule has 0 aliphatic carbocycles. The van der Waals surface area contributed by atoms with Crippen molar-refractivity contribution in [3.8, 4) is 0 Å². The second kappa shape index (κ2) is 4.74. The lowest BCUT2D eigenvalue weighted by atomic mass is 9.94. The molecule has 1 rings (SSSR count). The summed E-state index contributed by atoms with van der Waals surface area (Å²) in [5, 5.41) is 0. The first-order chi connectivity index (χ1) is 6.65. The van der Waals surface area contributed by atoms with E-state index >= 15 is 0 Å². The normalized spacial score (nSPS) is 12.4. The molecule has 0 spiro atoms. The third kappa shape index (κ3) is 2.55. The van der Waals surface area contributed by atoms with E-state index in [9.17, 15) is 9.18 Å². The Morgan fingerprint density at radius 3 is 2.43 bits per heavy atom. The Morgan fingerprint density at radius 2 is 2.00 bits per heavy atom. The fourth-order valence-electron chi connectivity index (χ4n) is 1.46. The van der Waals surface area contributed by atoms with E-state index in [0.717, 1.165) is 12.0 Å². The second-order valence-corrected chi connectivity index (χ2v) is 3.30. The number of hydrogen-bond donors (Lipinski definition) is 1. The summed E-state index contributed by atoms with van der Waals surface area (Å²) >= 11 is 0. The molecule has 0 radical (unpaired) electrons. The van der Waals surface area contributed by atoms with Crippen LogP contribution in [0.4, 0.5) is 4.39 Å². The molecule has 1 amide bonds. The minimum absolute atomic E-state index is 0.291. The minimum atomic E-state index is -0.349. The van der Waals surface area contributed by atoms with Crippen LogP contribution in [0.3, 0.4) is 0 Å². The zero-order chi connectivity index (χ0) is 10.6. The molecule has 0 fully saturated rings. The van der Waals surface area contributed by atoms with Crippen molar-refractivity contribution in [3.05, 3.63) is 35.6 Å². The lowest BCUT2D eigenvalue weighted by Crippen LogP contribution is -2.21. The molecule has 0 saturated carbocycles. The van der Waals surface area contributed by atoms with E-state index in [0.29, 0.717) is 6.42 Å². The summed E-state index contributed by atoms with van der Waals surface area (Å²) in [5.74, 6) is -0.937. The summed E-state index contributed by atoms with van der Waals surface area (Å²) in [6, 6.07) is 5.92. The molecular formula is C11H14FNO. The monoisotopic (exact) mass is 195 g/mol. The van der Waals surface area contributed by atoms with Crippen LogP contribution < -0.4 is 5.73 Å². The number of nitrogens with two attached hydrogens (primary N) is 1. The number of carbonyl (C=O) groups excluding carboxylic acids is 1. The van der Waals surface area contributed by atoms with Crippen molar-refractivity contribution in [2.24, 2.45) is 5.73 Å². The van der Waals surface area contributed by atoms with Crippen LogP contribution in [0.1, 0.15) is 31.2 Å². The highest BCUT2D eigenvalue weighted by Crippen LogP contribution is 2.20. The zero-order valence-corrected chi connectivity index (χ0v) is 8.16. The predicted octanol–water partition coefficient (Wildman–Crippen LogP) is 2.19. The fourth-order valence-corrected chi connectivity index (χ4v) is 1.46. The Hall–Kier alpha value is -1.38. The third-order valence-corrected chi connectivity index (χ3v) is 2.19. The first-order valence-electron chi connectivity index (χ1n) is 4.70. The maximum absolute atomic E-state index is 12.6. The summed E-state index contributed by atoms with van der Waals surface area (Å²) in [5.41, 5.74) is 6.05. The maximum Gasteiger partial charge on any atom is 0.224 e. The Bertz CT molecular complexity index is 308. The molecule has 2 N–H and O–H groups in total. The summed E-state index contributed by atoms with van der Waals surface area (Å²) in [6.45, 7) is 1.99. The molecule has 1 atom stereocenters. The molecule has 76 valence electrons. The molecule has 1 aromatic rings. The molecule has 0 aromatic heterocycles. The van der Waals surface area contributed by atoms with Gasteiger partial charge in [0.2, 0.25) is 5.91 Å². The maximum atomic E-state index is 12.6. The Labute approximate surface area is 82.9 Å². The van der Waals surface area contributed by atoms with Gasteiger partial charge in [-0.2, -0.15) is 0 Å². The highest BCUT2D eigenvalue weighted by atomic mass is 19.1. The van der Waals surface area contributed by atoms with Crippen LogP contribution in [0.2, 0.25) is 0 Å². The third-order valence-electron chi connectivity index (χ3n) is 2.19. The number of carbonyl (C=O) groups is 1. The van der Waals surface area contributed by atoms with Crippen LogP contribution in [0.5, 0.6) is 0 Å². The van der Waals surface area contributed by atoms with Gasteiger partial charge in [-0.3, -0.25) is 4.79 Å². The number of halogens is 1. The van der Waals surface area contributed by atoms with E-state index < -0.39 is 0 Å². The smallest absolute Gasteiger partial charge is 0.224 e. The highest BCUT2D eigenvalue weighted by molar-refractivity contribution is 5.81. The largest absolute Gasteiger partial charge is 0.369 e. The summed E-state index contributed by atoms with van der Waals surface area (Å²) in [4.78, 5) is 11.1. The van der Waals surface area contributed by atoms with Gasteiger partial charge < -0.3 is 5.73 Å². The van der Waals surface area contributed by atoms with Gasteiger partial charge in [-0.15, -0.1) is 0 Å². The molecule has 0 saturated heterocycles. The van der Waals surface area contributed by atoms with Gasteiger partial charge in [0.25, 0.3) is 0 Å². The Balaban J connectivity index is 2.87. The van der Waals surface area contributed by atoms with Gasteiger partial charge in [0.05, 0.1) is 5.92 Å². The fraction of sp³-hybridized carbons (Fsp3) is 0.364. The molecule has 0 aliphatic rings. The second-order valence-electron chi connectivity index (χ2n) is 3.30. The lowest BCUT2D eigenvalue weighted by Gasteiger charge is -2.12. The number of rotatable bonds is 4. The summed E-state index contributed by atoms with van der Waals surface area (Å²) in [6.07, 6.45) is 1.59. The van der Waals surface area contributed by atoms with Crippen molar-refractivity contribution in [1.82, 2.24) is 0 Å². The molecular weight excluding hydrogens is 181 g/mol. The van der Waals surface area contributed by atoms with Crippen LogP contribution in [0.15, 0.2) is 24.3 Å². The van der Waals surface area contributed by atoms with Gasteiger partial charge in [-0.25, -0.2) is 4.39 Å². The number of benzene rings is 1. The van der Waals surface area contributed by atoms with Crippen molar-refractivity contribution in [1.29, 1.82) is 0 Å². The van der Waals surface area contributed by atoms with E-state index in [4.69, 9.17) is 5.73 Å². The average molecular weight is 195 g/mol. The molecule has 3 heteroatoms. The summed E-state index contributed by atoms with van der Waals surface area (Å²) < 4.78 is 12.6. The van der Waals surface area contributed by atoms with E-state index in [2.05, 4.69) is 0 Å². The molecule has 2 nitrogen and oxygen atoms in total. The van der Waals surface area contributed by atoms with E-state index in [-0.39, 0.29) is 17.6 Å². The van der Waals surface area contributed by atoms with Crippen molar-refractivity contribution in [3.63, 3.8) is 0 Å².